The SMILES string of the molecule is C[Si](C)(C)C1C(O)Cc2ccccc2N2N=NCC12. The summed E-state index contributed by atoms with van der Waals surface area (Å²) < 4.78 is 0. The van der Waals surface area contributed by atoms with Gasteiger partial charge in [-0.15, -0.1) is 0 Å². The van der Waals surface area contributed by atoms with Crippen molar-refractivity contribution in [1.29, 1.82) is 0 Å². The van der Waals surface area contributed by atoms with E-state index in [9.17, 15) is 5.11 Å². The number of fused-ring (bicyclic) bond motifs is 3. The Labute approximate surface area is 115 Å². The van der Waals surface area contributed by atoms with Crippen LogP contribution in [0.25, 0.3) is 0 Å². The van der Waals surface area contributed by atoms with Gasteiger partial charge in [-0.2, -0.15) is 5.11 Å². The second-order valence-corrected chi connectivity index (χ2v) is 12.0. The van der Waals surface area contributed by atoms with Crippen molar-refractivity contribution in [2.45, 2.75) is 43.7 Å². The van der Waals surface area contributed by atoms with E-state index in [0.29, 0.717) is 12.1 Å². The summed E-state index contributed by atoms with van der Waals surface area (Å²) in [6.45, 7) is 7.69. The Balaban J connectivity index is 2.08. The maximum atomic E-state index is 10.7. The third-order valence-corrected chi connectivity index (χ3v) is 7.01. The van der Waals surface area contributed by atoms with Gasteiger partial charge in [0.1, 0.15) is 0 Å². The van der Waals surface area contributed by atoms with E-state index in [-0.39, 0.29) is 12.1 Å². The first-order chi connectivity index (χ1) is 8.98. The first kappa shape index (κ1) is 12.8. The molecule has 3 unspecified atom stereocenters. The van der Waals surface area contributed by atoms with Gasteiger partial charge in [-0.3, -0.25) is 0 Å². The third-order valence-electron chi connectivity index (χ3n) is 4.24. The van der Waals surface area contributed by atoms with E-state index in [0.717, 1.165) is 12.1 Å². The average molecular weight is 275 g/mol. The molecule has 4 nitrogen and oxygen atoms in total. The maximum absolute atomic E-state index is 10.7. The van der Waals surface area contributed by atoms with E-state index in [1.807, 2.05) is 12.1 Å². The van der Waals surface area contributed by atoms with Gasteiger partial charge in [-0.25, -0.2) is 5.01 Å². The summed E-state index contributed by atoms with van der Waals surface area (Å²) in [5, 5.41) is 21.3. The highest BCUT2D eigenvalue weighted by Gasteiger charge is 2.46. The molecule has 0 aliphatic carbocycles. The number of rotatable bonds is 1. The zero-order valence-corrected chi connectivity index (χ0v) is 12.7. The number of hydrogen-bond acceptors (Lipinski definition) is 4. The van der Waals surface area contributed by atoms with Crippen LogP contribution in [-0.4, -0.2) is 31.9 Å². The first-order valence-electron chi connectivity index (χ1n) is 6.91. The molecular weight excluding hydrogens is 254 g/mol. The molecule has 0 fully saturated rings. The van der Waals surface area contributed by atoms with Crippen molar-refractivity contribution in [3.8, 4) is 0 Å². The molecule has 1 aromatic carbocycles. The molecule has 2 aliphatic rings. The molecule has 19 heavy (non-hydrogen) atoms. The molecule has 0 saturated carbocycles. The summed E-state index contributed by atoms with van der Waals surface area (Å²) in [6.07, 6.45) is 0.444. The number of aliphatic hydroxyl groups is 1. The quantitative estimate of drug-likeness (QED) is 0.801. The highest BCUT2D eigenvalue weighted by Crippen LogP contribution is 2.42. The van der Waals surface area contributed by atoms with Crippen LogP contribution in [0.3, 0.4) is 0 Å². The molecular formula is C14H21N3OSi. The van der Waals surface area contributed by atoms with Gasteiger partial charge in [0, 0.05) is 12.0 Å². The molecule has 0 radical (unpaired) electrons. The Kier molecular flexibility index (Phi) is 2.98. The molecule has 5 heteroatoms. The number of benzene rings is 1. The summed E-state index contributed by atoms with van der Waals surface area (Å²) >= 11 is 0. The standard InChI is InChI=1S/C14H21N3OSi/c1-19(2,3)14-12-9-15-16-17(12)11-7-5-4-6-10(11)8-13(14)18/h4-7,12-14,18H,8-9H2,1-3H3. The lowest BCUT2D eigenvalue weighted by molar-refractivity contribution is 0.157. The van der Waals surface area contributed by atoms with E-state index in [1.165, 1.54) is 5.56 Å². The lowest BCUT2D eigenvalue weighted by Gasteiger charge is -2.37. The highest BCUT2D eigenvalue weighted by atomic mass is 28.3. The van der Waals surface area contributed by atoms with Crippen LogP contribution in [0.1, 0.15) is 5.56 Å². The zero-order chi connectivity index (χ0) is 13.6. The highest BCUT2D eigenvalue weighted by molar-refractivity contribution is 6.78. The monoisotopic (exact) mass is 275 g/mol. The smallest absolute Gasteiger partial charge is 0.0846 e. The van der Waals surface area contributed by atoms with E-state index in [4.69, 9.17) is 0 Å². The molecule has 2 aliphatic heterocycles. The predicted molar refractivity (Wildman–Crippen MR) is 79.2 cm³/mol. The van der Waals surface area contributed by atoms with Gasteiger partial charge in [-0.05, 0) is 11.6 Å². The molecule has 0 bridgehead atoms. The minimum Gasteiger partial charge on any atom is -0.393 e. The average Bonchev–Trinajstić information content (AvgIpc) is 2.72. The van der Waals surface area contributed by atoms with Gasteiger partial charge in [0.2, 0.25) is 0 Å². The number of anilines is 1. The minimum atomic E-state index is -1.49. The van der Waals surface area contributed by atoms with Crippen LogP contribution in [0.4, 0.5) is 5.69 Å². The van der Waals surface area contributed by atoms with Crippen LogP contribution in [0.15, 0.2) is 34.6 Å². The van der Waals surface area contributed by atoms with Crippen molar-refractivity contribution >= 4 is 13.8 Å². The largest absolute Gasteiger partial charge is 0.393 e. The fourth-order valence-corrected chi connectivity index (χ4v) is 6.17. The van der Waals surface area contributed by atoms with Crippen LogP contribution in [0.2, 0.25) is 25.2 Å². The van der Waals surface area contributed by atoms with Crippen molar-refractivity contribution in [3.05, 3.63) is 29.8 Å². The second kappa shape index (κ2) is 4.42. The van der Waals surface area contributed by atoms with Crippen LogP contribution in [0, 0.1) is 0 Å². The van der Waals surface area contributed by atoms with Crippen LogP contribution >= 0.6 is 0 Å². The summed E-state index contributed by atoms with van der Waals surface area (Å²) in [7, 11) is -1.49. The van der Waals surface area contributed by atoms with Crippen LogP contribution < -0.4 is 5.01 Å². The molecule has 2 heterocycles. The molecule has 0 saturated heterocycles. The molecule has 0 aromatic heterocycles. The van der Waals surface area contributed by atoms with E-state index in [1.54, 1.807) is 0 Å². The molecule has 1 N–H and O–H groups in total. The maximum Gasteiger partial charge on any atom is 0.0846 e. The normalized spacial score (nSPS) is 29.9. The number of para-hydroxylation sites is 1. The molecule has 0 amide bonds. The molecule has 1 aromatic rings. The Morgan fingerprint density at radius 2 is 2.00 bits per heavy atom. The Morgan fingerprint density at radius 1 is 1.26 bits per heavy atom. The van der Waals surface area contributed by atoms with Gasteiger partial charge < -0.3 is 5.11 Å². The van der Waals surface area contributed by atoms with E-state index in [2.05, 4.69) is 47.1 Å². The Morgan fingerprint density at radius 3 is 2.74 bits per heavy atom. The molecule has 0 spiro atoms. The second-order valence-electron chi connectivity index (χ2n) is 6.62. The number of aliphatic hydroxyl groups excluding tert-OH is 1. The number of nitrogens with zero attached hydrogens (tertiary/aromatic N) is 3. The van der Waals surface area contributed by atoms with Crippen LogP contribution in [-0.2, 0) is 6.42 Å². The summed E-state index contributed by atoms with van der Waals surface area (Å²) in [6, 6.07) is 8.47. The van der Waals surface area contributed by atoms with Gasteiger partial charge in [-0.1, -0.05) is 43.1 Å². The summed E-state index contributed by atoms with van der Waals surface area (Å²) in [5.74, 6) is 0. The molecule has 3 atom stereocenters. The van der Waals surface area contributed by atoms with Gasteiger partial charge in [0.15, 0.2) is 0 Å². The predicted octanol–water partition coefficient (Wildman–Crippen LogP) is 2.87. The lowest BCUT2D eigenvalue weighted by Crippen LogP contribution is -2.48. The van der Waals surface area contributed by atoms with Crippen molar-refractivity contribution in [2.24, 2.45) is 10.3 Å². The first-order valence-corrected chi connectivity index (χ1v) is 10.5. The van der Waals surface area contributed by atoms with Crippen molar-refractivity contribution in [2.75, 3.05) is 11.6 Å². The summed E-state index contributed by atoms with van der Waals surface area (Å²) in [5.41, 5.74) is 2.60. The van der Waals surface area contributed by atoms with Crippen molar-refractivity contribution in [1.82, 2.24) is 0 Å². The molecule has 102 valence electrons. The van der Waals surface area contributed by atoms with Crippen molar-refractivity contribution in [3.63, 3.8) is 0 Å². The van der Waals surface area contributed by atoms with Gasteiger partial charge >= 0.3 is 0 Å². The topological polar surface area (TPSA) is 48.2 Å². The fraction of sp³-hybridized carbons (Fsp3) is 0.571. The number of hydrogen-bond donors (Lipinski definition) is 1. The fourth-order valence-electron chi connectivity index (χ4n) is 3.49. The van der Waals surface area contributed by atoms with Gasteiger partial charge in [0.05, 0.1) is 32.5 Å². The molecule has 3 rings (SSSR count). The van der Waals surface area contributed by atoms with E-state index >= 15 is 0 Å². The Bertz CT molecular complexity index is 512. The van der Waals surface area contributed by atoms with Crippen molar-refractivity contribution < 1.29 is 5.11 Å². The minimum absolute atomic E-state index is 0.227. The third kappa shape index (κ3) is 2.11. The van der Waals surface area contributed by atoms with E-state index < -0.39 is 8.07 Å². The Hall–Kier alpha value is -1.20. The lowest BCUT2D eigenvalue weighted by atomic mass is 10.0. The zero-order valence-electron chi connectivity index (χ0n) is 11.7. The van der Waals surface area contributed by atoms with Crippen LogP contribution in [0.5, 0.6) is 0 Å². The van der Waals surface area contributed by atoms with Gasteiger partial charge in [0.25, 0.3) is 0 Å². The summed E-state index contributed by atoms with van der Waals surface area (Å²) in [4.78, 5) is 0.